The fourth-order valence-corrected chi connectivity index (χ4v) is 4.79. The van der Waals surface area contributed by atoms with E-state index >= 15 is 0 Å². The number of nitro groups is 2. The lowest BCUT2D eigenvalue weighted by Gasteiger charge is -2.28. The molecule has 194 valence electrons. The van der Waals surface area contributed by atoms with Gasteiger partial charge in [0, 0.05) is 12.1 Å². The maximum Gasteiger partial charge on any atom is 0.278 e. The Morgan fingerprint density at radius 2 is 1.45 bits per heavy atom. The summed E-state index contributed by atoms with van der Waals surface area (Å²) in [5.41, 5.74) is 0.106. The highest BCUT2D eigenvalue weighted by molar-refractivity contribution is 6.24. The summed E-state index contributed by atoms with van der Waals surface area (Å²) < 4.78 is 10.6. The highest BCUT2D eigenvalue weighted by Gasteiger charge is 2.61. The first-order chi connectivity index (χ1) is 18.3. The number of non-ortho nitro benzene ring substituents is 1. The number of hydroxylamine groups is 1. The number of rotatable bonds is 7. The van der Waals surface area contributed by atoms with Crippen LogP contribution in [0, 0.1) is 26.1 Å². The van der Waals surface area contributed by atoms with Crippen molar-refractivity contribution in [1.29, 1.82) is 0 Å². The largest absolute Gasteiger partial charge is 0.493 e. The Balaban J connectivity index is 1.65. The molecule has 2 fully saturated rings. The molecular formula is C25H20N4O9. The second kappa shape index (κ2) is 9.44. The molecular weight excluding hydrogens is 500 g/mol. The monoisotopic (exact) mass is 520 g/mol. The van der Waals surface area contributed by atoms with E-state index in [4.69, 9.17) is 14.3 Å². The van der Waals surface area contributed by atoms with Crippen LogP contribution in [0.3, 0.4) is 0 Å². The lowest BCUT2D eigenvalue weighted by molar-refractivity contribution is -0.385. The minimum atomic E-state index is -1.30. The van der Waals surface area contributed by atoms with Gasteiger partial charge in [-0.3, -0.25) is 34.7 Å². The molecule has 0 aliphatic carbocycles. The predicted molar refractivity (Wildman–Crippen MR) is 132 cm³/mol. The Hall–Kier alpha value is -5.04. The zero-order valence-electron chi connectivity index (χ0n) is 20.0. The standard InChI is InChI=1S/C25H20N4O9/c1-36-19-12-17(18(29(34)35)13-20(19)37-2)22-21-23(38-27(22)15-6-4-3-5-7-15)25(31)26(24(21)30)14-8-10-16(11-9-14)28(32)33/h3-13,21-23H,1-2H3/t21-,22-,23-/m1/s1. The Morgan fingerprint density at radius 3 is 2.03 bits per heavy atom. The van der Waals surface area contributed by atoms with Crippen molar-refractivity contribution in [3.8, 4) is 11.5 Å². The predicted octanol–water partition coefficient (Wildman–Crippen LogP) is 3.57. The van der Waals surface area contributed by atoms with Crippen molar-refractivity contribution in [2.24, 2.45) is 5.92 Å². The van der Waals surface area contributed by atoms with Crippen LogP contribution in [0.4, 0.5) is 22.7 Å². The molecule has 3 aromatic rings. The van der Waals surface area contributed by atoms with E-state index in [-0.39, 0.29) is 34.1 Å². The molecule has 13 nitrogen and oxygen atoms in total. The minimum Gasteiger partial charge on any atom is -0.493 e. The zero-order valence-corrected chi connectivity index (χ0v) is 20.0. The van der Waals surface area contributed by atoms with E-state index in [0.29, 0.717) is 5.69 Å². The van der Waals surface area contributed by atoms with Gasteiger partial charge < -0.3 is 9.47 Å². The molecule has 38 heavy (non-hydrogen) atoms. The first-order valence-electron chi connectivity index (χ1n) is 11.3. The van der Waals surface area contributed by atoms with Crippen LogP contribution < -0.4 is 19.4 Å². The minimum absolute atomic E-state index is 0.0794. The van der Waals surface area contributed by atoms with Crippen LogP contribution in [0.2, 0.25) is 0 Å². The Labute approximate surface area is 215 Å². The third-order valence-electron chi connectivity index (χ3n) is 6.49. The molecule has 0 unspecified atom stereocenters. The average Bonchev–Trinajstić information content (AvgIpc) is 3.43. The Morgan fingerprint density at radius 1 is 0.816 bits per heavy atom. The smallest absolute Gasteiger partial charge is 0.278 e. The van der Waals surface area contributed by atoms with Gasteiger partial charge in [-0.1, -0.05) is 18.2 Å². The van der Waals surface area contributed by atoms with Crippen LogP contribution in [0.15, 0.2) is 66.7 Å². The molecule has 13 heteroatoms. The summed E-state index contributed by atoms with van der Waals surface area (Å²) in [7, 11) is 2.71. The Bertz CT molecular complexity index is 1450. The summed E-state index contributed by atoms with van der Waals surface area (Å²) in [6, 6.07) is 15.0. The maximum absolute atomic E-state index is 13.8. The molecule has 2 saturated heterocycles. The number of carbonyl (C=O) groups excluding carboxylic acids is 2. The summed E-state index contributed by atoms with van der Waals surface area (Å²) in [4.78, 5) is 56.1. The quantitative estimate of drug-likeness (QED) is 0.256. The number of imide groups is 1. The van der Waals surface area contributed by atoms with Crippen molar-refractivity contribution >= 4 is 34.6 Å². The van der Waals surface area contributed by atoms with Crippen molar-refractivity contribution in [3.63, 3.8) is 0 Å². The topological polar surface area (TPSA) is 155 Å². The summed E-state index contributed by atoms with van der Waals surface area (Å²) in [5, 5.41) is 24.5. The second-order valence-electron chi connectivity index (χ2n) is 8.47. The van der Waals surface area contributed by atoms with Gasteiger partial charge in [0.1, 0.15) is 12.0 Å². The zero-order chi connectivity index (χ0) is 27.1. The van der Waals surface area contributed by atoms with Gasteiger partial charge in [-0.05, 0) is 30.3 Å². The number of amides is 2. The number of anilines is 2. The van der Waals surface area contributed by atoms with E-state index in [9.17, 15) is 29.8 Å². The summed E-state index contributed by atoms with van der Waals surface area (Å²) >= 11 is 0. The summed E-state index contributed by atoms with van der Waals surface area (Å²) in [6.45, 7) is 0. The van der Waals surface area contributed by atoms with Gasteiger partial charge in [0.15, 0.2) is 17.6 Å². The second-order valence-corrected chi connectivity index (χ2v) is 8.47. The van der Waals surface area contributed by atoms with Crippen molar-refractivity contribution in [3.05, 3.63) is 92.5 Å². The molecule has 0 spiro atoms. The summed E-state index contributed by atoms with van der Waals surface area (Å²) in [6.07, 6.45) is -1.30. The fourth-order valence-electron chi connectivity index (χ4n) is 4.79. The van der Waals surface area contributed by atoms with E-state index in [1.807, 2.05) is 0 Å². The normalized spacial score (nSPS) is 20.4. The van der Waals surface area contributed by atoms with Gasteiger partial charge in [0.05, 0.1) is 47.1 Å². The number of fused-ring (bicyclic) bond motifs is 1. The van der Waals surface area contributed by atoms with E-state index in [2.05, 4.69) is 0 Å². The first kappa shape index (κ1) is 24.6. The maximum atomic E-state index is 13.8. The molecule has 2 heterocycles. The lowest BCUT2D eigenvalue weighted by Crippen LogP contribution is -2.37. The molecule has 2 aliphatic rings. The van der Waals surface area contributed by atoms with E-state index in [1.165, 1.54) is 55.7 Å². The molecule has 3 atom stereocenters. The number of nitro benzene ring substituents is 2. The molecule has 0 radical (unpaired) electrons. The van der Waals surface area contributed by atoms with Crippen LogP contribution >= 0.6 is 0 Å². The number of hydrogen-bond donors (Lipinski definition) is 0. The van der Waals surface area contributed by atoms with Crippen LogP contribution in [0.5, 0.6) is 11.5 Å². The van der Waals surface area contributed by atoms with Gasteiger partial charge in [0.25, 0.3) is 17.3 Å². The van der Waals surface area contributed by atoms with E-state index < -0.39 is 39.7 Å². The van der Waals surface area contributed by atoms with E-state index in [1.54, 1.807) is 30.3 Å². The molecule has 0 N–H and O–H groups in total. The fraction of sp³-hybridized carbons (Fsp3) is 0.200. The third-order valence-corrected chi connectivity index (χ3v) is 6.49. The van der Waals surface area contributed by atoms with Crippen molar-refractivity contribution < 1.29 is 33.7 Å². The molecule has 0 bridgehead atoms. The number of methoxy groups -OCH3 is 2. The number of para-hydroxylation sites is 1. The van der Waals surface area contributed by atoms with Crippen molar-refractivity contribution in [1.82, 2.24) is 0 Å². The molecule has 5 rings (SSSR count). The van der Waals surface area contributed by atoms with Crippen LogP contribution in [0.25, 0.3) is 0 Å². The number of carbonyl (C=O) groups is 2. The van der Waals surface area contributed by atoms with Crippen LogP contribution in [0.1, 0.15) is 11.6 Å². The molecule has 2 amide bonds. The molecule has 2 aliphatic heterocycles. The highest BCUT2D eigenvalue weighted by Crippen LogP contribution is 2.51. The van der Waals surface area contributed by atoms with Crippen LogP contribution in [-0.2, 0) is 14.4 Å². The van der Waals surface area contributed by atoms with Gasteiger partial charge in [-0.2, -0.15) is 0 Å². The van der Waals surface area contributed by atoms with E-state index in [0.717, 1.165) is 4.90 Å². The number of hydrogen-bond acceptors (Lipinski definition) is 10. The average molecular weight is 520 g/mol. The molecule has 3 aromatic carbocycles. The first-order valence-corrected chi connectivity index (χ1v) is 11.3. The SMILES string of the molecule is COc1cc([C@@H]2[C@H]3C(=O)N(c4ccc([N+](=O)[O-])cc4)C(=O)[C@@H]3ON2c2ccccc2)c([N+](=O)[O-])cc1OC. The lowest BCUT2D eigenvalue weighted by atomic mass is 9.89. The number of ether oxygens (including phenoxy) is 2. The third kappa shape index (κ3) is 3.85. The van der Waals surface area contributed by atoms with Gasteiger partial charge in [-0.25, -0.2) is 9.96 Å². The van der Waals surface area contributed by atoms with Gasteiger partial charge in [-0.15, -0.1) is 0 Å². The molecule has 0 aromatic heterocycles. The van der Waals surface area contributed by atoms with Crippen molar-refractivity contribution in [2.75, 3.05) is 24.2 Å². The highest BCUT2D eigenvalue weighted by atomic mass is 16.7. The van der Waals surface area contributed by atoms with Crippen molar-refractivity contribution in [2.45, 2.75) is 12.1 Å². The number of nitrogens with zero attached hydrogens (tertiary/aromatic N) is 4. The Kier molecular flexibility index (Phi) is 6.12. The van der Waals surface area contributed by atoms with Gasteiger partial charge in [0.2, 0.25) is 5.91 Å². The summed E-state index contributed by atoms with van der Waals surface area (Å²) in [5.74, 6) is -2.23. The molecule has 0 saturated carbocycles. The van der Waals surface area contributed by atoms with Crippen LogP contribution in [-0.4, -0.2) is 42.0 Å². The van der Waals surface area contributed by atoms with Gasteiger partial charge >= 0.3 is 0 Å². The number of benzene rings is 3.